The van der Waals surface area contributed by atoms with Crippen molar-refractivity contribution in [3.63, 3.8) is 0 Å². The molecular weight excluding hydrogens is 336 g/mol. The molecule has 0 spiro atoms. The van der Waals surface area contributed by atoms with E-state index in [1.807, 2.05) is 42.5 Å². The van der Waals surface area contributed by atoms with Crippen LogP contribution in [0.4, 0.5) is 0 Å². The van der Waals surface area contributed by atoms with Crippen molar-refractivity contribution < 1.29 is 9.47 Å². The minimum atomic E-state index is -0.0969. The summed E-state index contributed by atoms with van der Waals surface area (Å²) in [5, 5.41) is 8.13. The molecule has 5 heteroatoms. The summed E-state index contributed by atoms with van der Waals surface area (Å²) in [4.78, 5) is 0. The lowest BCUT2D eigenvalue weighted by Crippen LogP contribution is -2.12. The van der Waals surface area contributed by atoms with Gasteiger partial charge in [0.15, 0.2) is 0 Å². The number of benzene rings is 3. The van der Waals surface area contributed by atoms with Crippen LogP contribution in [-0.2, 0) is 6.61 Å². The van der Waals surface area contributed by atoms with Crippen molar-refractivity contribution in [3.05, 3.63) is 88.9 Å². The number of hydrogen-bond donors (Lipinski definition) is 2. The molecule has 126 valence electrons. The van der Waals surface area contributed by atoms with Gasteiger partial charge in [0.2, 0.25) is 0 Å². The highest BCUT2D eigenvalue weighted by Crippen LogP contribution is 2.29. The molecule has 0 bridgehead atoms. The predicted octanol–water partition coefficient (Wildman–Crippen LogP) is 5.00. The molecule has 0 atom stereocenters. The molecule has 25 heavy (non-hydrogen) atoms. The van der Waals surface area contributed by atoms with Crippen molar-refractivity contribution in [3.8, 4) is 17.2 Å². The van der Waals surface area contributed by atoms with Gasteiger partial charge in [-0.2, -0.15) is 0 Å². The highest BCUT2D eigenvalue weighted by Gasteiger charge is 2.09. The molecule has 0 unspecified atom stereocenters. The van der Waals surface area contributed by atoms with Gasteiger partial charge in [-0.25, -0.2) is 0 Å². The summed E-state index contributed by atoms with van der Waals surface area (Å²) in [6.07, 6.45) is 0. The van der Waals surface area contributed by atoms with Crippen molar-refractivity contribution >= 4 is 17.4 Å². The number of nitrogens with two attached hydrogens (primary N) is 1. The molecule has 3 aromatic rings. The van der Waals surface area contributed by atoms with Gasteiger partial charge in [0, 0.05) is 5.02 Å². The predicted molar refractivity (Wildman–Crippen MR) is 99.8 cm³/mol. The summed E-state index contributed by atoms with van der Waals surface area (Å²) >= 11 is 5.95. The van der Waals surface area contributed by atoms with Crippen molar-refractivity contribution in [2.45, 2.75) is 6.61 Å². The second kappa shape index (κ2) is 7.73. The highest BCUT2D eigenvalue weighted by atomic mass is 35.5. The molecule has 0 radical (unpaired) electrons. The van der Waals surface area contributed by atoms with Gasteiger partial charge in [-0.15, -0.1) is 0 Å². The second-order valence-corrected chi connectivity index (χ2v) is 5.84. The lowest BCUT2D eigenvalue weighted by Gasteiger charge is -2.11. The van der Waals surface area contributed by atoms with Gasteiger partial charge in [-0.05, 0) is 48.0 Å². The fraction of sp³-hybridized carbons (Fsp3) is 0.0500. The molecule has 0 aromatic heterocycles. The van der Waals surface area contributed by atoms with E-state index in [1.54, 1.807) is 30.3 Å². The number of halogens is 1. The Kier molecular flexibility index (Phi) is 5.21. The fourth-order valence-electron chi connectivity index (χ4n) is 2.27. The van der Waals surface area contributed by atoms with E-state index >= 15 is 0 Å². The zero-order valence-electron chi connectivity index (χ0n) is 13.4. The van der Waals surface area contributed by atoms with Crippen LogP contribution in [-0.4, -0.2) is 5.84 Å². The largest absolute Gasteiger partial charge is 0.489 e. The Hall–Kier alpha value is -2.98. The molecule has 3 aromatic carbocycles. The maximum Gasteiger partial charge on any atom is 0.138 e. The minimum Gasteiger partial charge on any atom is -0.489 e. The second-order valence-electron chi connectivity index (χ2n) is 5.40. The summed E-state index contributed by atoms with van der Waals surface area (Å²) in [7, 11) is 0. The molecule has 0 saturated carbocycles. The molecule has 0 amide bonds. The maximum absolute atomic E-state index is 7.63. The quantitative estimate of drug-likeness (QED) is 0.484. The highest BCUT2D eigenvalue weighted by molar-refractivity contribution is 6.31. The Morgan fingerprint density at radius 3 is 2.28 bits per heavy atom. The van der Waals surface area contributed by atoms with Crippen LogP contribution >= 0.6 is 11.6 Å². The minimum absolute atomic E-state index is 0.0969. The Labute approximate surface area is 151 Å². The first-order valence-electron chi connectivity index (χ1n) is 7.70. The third-order valence-corrected chi connectivity index (χ3v) is 3.77. The number of hydrogen-bond acceptors (Lipinski definition) is 3. The first-order valence-corrected chi connectivity index (χ1v) is 8.08. The molecule has 3 rings (SSSR count). The van der Waals surface area contributed by atoms with Crippen LogP contribution in [0.2, 0.25) is 5.02 Å². The maximum atomic E-state index is 7.63. The molecule has 3 N–H and O–H groups in total. The standard InChI is InChI=1S/C20H17ClN2O2/c21-15-6-11-19(18(12-15)20(22)23)25-17-9-7-16(8-10-17)24-13-14-4-2-1-3-5-14/h1-12H,13H2,(H3,22,23). The Morgan fingerprint density at radius 2 is 1.60 bits per heavy atom. The van der Waals surface area contributed by atoms with Gasteiger partial charge < -0.3 is 15.2 Å². The van der Waals surface area contributed by atoms with Gasteiger partial charge in [-0.3, -0.25) is 5.41 Å². The lowest BCUT2D eigenvalue weighted by atomic mass is 10.2. The number of amidine groups is 1. The van der Waals surface area contributed by atoms with Gasteiger partial charge >= 0.3 is 0 Å². The van der Waals surface area contributed by atoms with E-state index in [1.165, 1.54) is 0 Å². The molecule has 0 aliphatic carbocycles. The molecule has 0 saturated heterocycles. The number of rotatable bonds is 6. The first-order chi connectivity index (χ1) is 12.1. The van der Waals surface area contributed by atoms with Crippen LogP contribution in [0, 0.1) is 5.41 Å². The van der Waals surface area contributed by atoms with Gasteiger partial charge in [-0.1, -0.05) is 41.9 Å². The third-order valence-electron chi connectivity index (χ3n) is 3.53. The van der Waals surface area contributed by atoms with Gasteiger partial charge in [0.25, 0.3) is 0 Å². The number of nitrogen functional groups attached to an aromatic ring is 1. The van der Waals surface area contributed by atoms with Crippen LogP contribution in [0.5, 0.6) is 17.2 Å². The van der Waals surface area contributed by atoms with E-state index in [0.29, 0.717) is 28.7 Å². The Morgan fingerprint density at radius 1 is 0.920 bits per heavy atom. The first kappa shape index (κ1) is 16.9. The summed E-state index contributed by atoms with van der Waals surface area (Å²) < 4.78 is 11.6. The van der Waals surface area contributed by atoms with Gasteiger partial charge in [0.1, 0.15) is 29.7 Å². The average molecular weight is 353 g/mol. The average Bonchev–Trinajstić information content (AvgIpc) is 2.63. The van der Waals surface area contributed by atoms with Crippen molar-refractivity contribution in [2.75, 3.05) is 0 Å². The molecule has 0 aliphatic heterocycles. The monoisotopic (exact) mass is 352 g/mol. The van der Waals surface area contributed by atoms with Crippen LogP contribution in [0.15, 0.2) is 72.8 Å². The van der Waals surface area contributed by atoms with Crippen LogP contribution in [0.3, 0.4) is 0 Å². The normalized spacial score (nSPS) is 10.3. The Balaban J connectivity index is 1.68. The summed E-state index contributed by atoms with van der Waals surface area (Å²) in [6.45, 7) is 0.507. The third kappa shape index (κ3) is 4.52. The number of ether oxygens (including phenoxy) is 2. The van der Waals surface area contributed by atoms with E-state index in [0.717, 1.165) is 11.3 Å². The van der Waals surface area contributed by atoms with E-state index < -0.39 is 0 Å². The SMILES string of the molecule is N=C(N)c1cc(Cl)ccc1Oc1ccc(OCc2ccccc2)cc1. The van der Waals surface area contributed by atoms with Crippen LogP contribution < -0.4 is 15.2 Å². The Bertz CT molecular complexity index is 865. The lowest BCUT2D eigenvalue weighted by molar-refractivity contribution is 0.306. The molecule has 4 nitrogen and oxygen atoms in total. The fourth-order valence-corrected chi connectivity index (χ4v) is 2.45. The topological polar surface area (TPSA) is 68.3 Å². The zero-order chi connectivity index (χ0) is 17.6. The van der Waals surface area contributed by atoms with Gasteiger partial charge in [0.05, 0.1) is 5.56 Å². The summed E-state index contributed by atoms with van der Waals surface area (Å²) in [5.41, 5.74) is 7.14. The van der Waals surface area contributed by atoms with Crippen molar-refractivity contribution in [1.82, 2.24) is 0 Å². The van der Waals surface area contributed by atoms with Crippen LogP contribution in [0.1, 0.15) is 11.1 Å². The van der Waals surface area contributed by atoms with E-state index in [-0.39, 0.29) is 5.84 Å². The molecule has 0 fully saturated rings. The van der Waals surface area contributed by atoms with E-state index in [9.17, 15) is 0 Å². The zero-order valence-corrected chi connectivity index (χ0v) is 14.2. The van der Waals surface area contributed by atoms with E-state index in [4.69, 9.17) is 32.2 Å². The van der Waals surface area contributed by atoms with Crippen molar-refractivity contribution in [2.24, 2.45) is 5.73 Å². The number of nitrogens with one attached hydrogen (secondary N) is 1. The van der Waals surface area contributed by atoms with Crippen molar-refractivity contribution in [1.29, 1.82) is 5.41 Å². The molecule has 0 aliphatic rings. The molecular formula is C20H17ClN2O2. The summed E-state index contributed by atoms with van der Waals surface area (Å²) in [6, 6.07) is 22.2. The van der Waals surface area contributed by atoms with E-state index in [2.05, 4.69) is 0 Å². The van der Waals surface area contributed by atoms with Crippen LogP contribution in [0.25, 0.3) is 0 Å². The molecule has 0 heterocycles. The smallest absolute Gasteiger partial charge is 0.138 e. The summed E-state index contributed by atoms with van der Waals surface area (Å²) in [5.74, 6) is 1.76.